The van der Waals surface area contributed by atoms with Crippen LogP contribution in [0.5, 0.6) is 0 Å². The highest BCUT2D eigenvalue weighted by molar-refractivity contribution is 5.72. The van der Waals surface area contributed by atoms with Crippen LogP contribution in [0.3, 0.4) is 0 Å². The number of hydrogen-bond acceptors (Lipinski definition) is 8. The zero-order valence-corrected chi connectivity index (χ0v) is 18.8. The lowest BCUT2D eigenvalue weighted by Gasteiger charge is -2.35. The Morgan fingerprint density at radius 2 is 1.22 bits per heavy atom. The van der Waals surface area contributed by atoms with Gasteiger partial charge in [-0.1, -0.05) is 0 Å². The topological polar surface area (TPSA) is 129 Å². The first-order valence-electron chi connectivity index (χ1n) is 11.9. The van der Waals surface area contributed by atoms with Crippen molar-refractivity contribution in [3.05, 3.63) is 0 Å². The Hall–Kier alpha value is -1.87. The van der Waals surface area contributed by atoms with Crippen molar-refractivity contribution in [2.45, 2.75) is 102 Å². The smallest absolute Gasteiger partial charge is 0.481 e. The molecule has 3 aliphatic rings. The number of aliphatic hydroxyl groups is 1. The van der Waals surface area contributed by atoms with Gasteiger partial charge in [-0.05, 0) is 77.0 Å². The number of aliphatic hydroxyl groups excluding tert-OH is 1. The molecule has 0 aliphatic heterocycles. The minimum absolute atomic E-state index is 0.00746. The molecule has 0 saturated heterocycles. The van der Waals surface area contributed by atoms with Crippen LogP contribution in [-0.4, -0.2) is 60.0 Å². The lowest BCUT2D eigenvalue weighted by Crippen LogP contribution is -2.36. The van der Waals surface area contributed by atoms with E-state index in [1.165, 1.54) is 7.11 Å². The first-order chi connectivity index (χ1) is 15.4. The SMILES string of the molecule is COC(=O)OC1CCC(C(=O)OC2CCC(C(O)OC3CCC(C(=O)O)CC3)CC2)CC1. The molecule has 182 valence electrons. The number of carboxylic acid groups (broad SMARTS) is 1. The summed E-state index contributed by atoms with van der Waals surface area (Å²) in [4.78, 5) is 34.8. The molecule has 3 aliphatic carbocycles. The Kier molecular flexibility index (Phi) is 9.16. The molecule has 32 heavy (non-hydrogen) atoms. The molecule has 2 N–H and O–H groups in total. The fraction of sp³-hybridized carbons (Fsp3) is 0.870. The van der Waals surface area contributed by atoms with E-state index in [0.717, 1.165) is 12.8 Å². The molecule has 0 heterocycles. The van der Waals surface area contributed by atoms with E-state index in [1.807, 2.05) is 0 Å². The Morgan fingerprint density at radius 3 is 1.78 bits per heavy atom. The highest BCUT2D eigenvalue weighted by Crippen LogP contribution is 2.34. The van der Waals surface area contributed by atoms with Crippen molar-refractivity contribution in [3.8, 4) is 0 Å². The normalized spacial score (nSPS) is 34.2. The Labute approximate surface area is 188 Å². The number of ether oxygens (including phenoxy) is 4. The van der Waals surface area contributed by atoms with Gasteiger partial charge in [0.05, 0.1) is 25.0 Å². The number of rotatable bonds is 7. The predicted octanol–water partition coefficient (Wildman–Crippen LogP) is 3.41. The van der Waals surface area contributed by atoms with Crippen LogP contribution < -0.4 is 0 Å². The third-order valence-corrected chi connectivity index (χ3v) is 7.20. The van der Waals surface area contributed by atoms with Crippen molar-refractivity contribution < 1.29 is 43.5 Å². The number of hydrogen-bond donors (Lipinski definition) is 2. The molecule has 0 aromatic carbocycles. The summed E-state index contributed by atoms with van der Waals surface area (Å²) in [5.41, 5.74) is 0. The molecule has 3 saturated carbocycles. The molecule has 9 nitrogen and oxygen atoms in total. The average molecular weight is 457 g/mol. The fourth-order valence-corrected chi connectivity index (χ4v) is 5.11. The van der Waals surface area contributed by atoms with E-state index >= 15 is 0 Å². The van der Waals surface area contributed by atoms with Gasteiger partial charge >= 0.3 is 18.1 Å². The first-order valence-corrected chi connectivity index (χ1v) is 11.9. The van der Waals surface area contributed by atoms with Crippen molar-refractivity contribution in [3.63, 3.8) is 0 Å². The molecule has 3 rings (SSSR count). The quantitative estimate of drug-likeness (QED) is 0.437. The van der Waals surface area contributed by atoms with Gasteiger partial charge in [-0.25, -0.2) is 4.79 Å². The van der Waals surface area contributed by atoms with E-state index in [0.29, 0.717) is 64.2 Å². The zero-order chi connectivity index (χ0) is 23.1. The van der Waals surface area contributed by atoms with Gasteiger partial charge in [0, 0.05) is 5.92 Å². The van der Waals surface area contributed by atoms with Gasteiger partial charge < -0.3 is 29.2 Å². The van der Waals surface area contributed by atoms with Crippen LogP contribution in [0.1, 0.15) is 77.0 Å². The van der Waals surface area contributed by atoms with E-state index in [1.54, 1.807) is 0 Å². The number of carboxylic acids is 1. The van der Waals surface area contributed by atoms with Crippen LogP contribution in [0.25, 0.3) is 0 Å². The number of aliphatic carboxylic acids is 1. The van der Waals surface area contributed by atoms with Crippen LogP contribution in [0.15, 0.2) is 0 Å². The summed E-state index contributed by atoms with van der Waals surface area (Å²) in [5, 5.41) is 19.6. The molecule has 0 aromatic heterocycles. The van der Waals surface area contributed by atoms with Crippen molar-refractivity contribution in [2.24, 2.45) is 17.8 Å². The average Bonchev–Trinajstić information content (AvgIpc) is 2.80. The van der Waals surface area contributed by atoms with Crippen LogP contribution in [0.4, 0.5) is 4.79 Å². The molecule has 9 heteroatoms. The van der Waals surface area contributed by atoms with Gasteiger partial charge in [-0.15, -0.1) is 0 Å². The van der Waals surface area contributed by atoms with Gasteiger partial charge in [0.1, 0.15) is 12.2 Å². The largest absolute Gasteiger partial charge is 0.508 e. The number of esters is 1. The van der Waals surface area contributed by atoms with Gasteiger partial charge in [-0.2, -0.15) is 0 Å². The van der Waals surface area contributed by atoms with E-state index in [-0.39, 0.29) is 42.0 Å². The Bertz CT molecular complexity index is 627. The molecular weight excluding hydrogens is 420 g/mol. The fourth-order valence-electron chi connectivity index (χ4n) is 5.11. The molecule has 0 radical (unpaired) electrons. The molecule has 0 bridgehead atoms. The van der Waals surface area contributed by atoms with Gasteiger partial charge in [0.25, 0.3) is 0 Å². The summed E-state index contributed by atoms with van der Waals surface area (Å²) < 4.78 is 21.2. The summed E-state index contributed by atoms with van der Waals surface area (Å²) in [6, 6.07) is 0. The van der Waals surface area contributed by atoms with Crippen molar-refractivity contribution in [2.75, 3.05) is 7.11 Å². The maximum atomic E-state index is 12.5. The highest BCUT2D eigenvalue weighted by Gasteiger charge is 2.35. The van der Waals surface area contributed by atoms with E-state index in [4.69, 9.17) is 19.3 Å². The van der Waals surface area contributed by atoms with Crippen molar-refractivity contribution in [1.82, 2.24) is 0 Å². The van der Waals surface area contributed by atoms with E-state index in [2.05, 4.69) is 4.74 Å². The van der Waals surface area contributed by atoms with Crippen LogP contribution in [0, 0.1) is 17.8 Å². The van der Waals surface area contributed by atoms with Crippen LogP contribution in [0.2, 0.25) is 0 Å². The van der Waals surface area contributed by atoms with E-state index < -0.39 is 18.4 Å². The predicted molar refractivity (Wildman–Crippen MR) is 112 cm³/mol. The number of carbonyl (C=O) groups excluding carboxylic acids is 2. The van der Waals surface area contributed by atoms with E-state index in [9.17, 15) is 19.5 Å². The lowest BCUT2D eigenvalue weighted by atomic mass is 9.85. The van der Waals surface area contributed by atoms with Gasteiger partial charge in [-0.3, -0.25) is 9.59 Å². The summed E-state index contributed by atoms with van der Waals surface area (Å²) in [6.07, 6.45) is 5.88. The van der Waals surface area contributed by atoms with Crippen molar-refractivity contribution in [1.29, 1.82) is 0 Å². The van der Waals surface area contributed by atoms with Crippen LogP contribution >= 0.6 is 0 Å². The molecule has 0 aromatic rings. The molecule has 3 fully saturated rings. The zero-order valence-electron chi connectivity index (χ0n) is 18.8. The third kappa shape index (κ3) is 7.07. The lowest BCUT2D eigenvalue weighted by molar-refractivity contribution is -0.185. The minimum atomic E-state index is -0.858. The van der Waals surface area contributed by atoms with Gasteiger partial charge in [0.15, 0.2) is 6.29 Å². The second kappa shape index (κ2) is 11.8. The molecular formula is C23H36O9. The Balaban J connectivity index is 1.32. The monoisotopic (exact) mass is 456 g/mol. The highest BCUT2D eigenvalue weighted by atomic mass is 16.7. The summed E-state index contributed by atoms with van der Waals surface area (Å²) in [6.45, 7) is 0. The number of carbonyl (C=O) groups is 3. The number of methoxy groups -OCH3 is 1. The minimum Gasteiger partial charge on any atom is -0.481 e. The third-order valence-electron chi connectivity index (χ3n) is 7.20. The molecule has 0 spiro atoms. The maximum absolute atomic E-state index is 12.5. The molecule has 0 amide bonds. The van der Waals surface area contributed by atoms with Crippen LogP contribution in [-0.2, 0) is 28.5 Å². The Morgan fingerprint density at radius 1 is 0.719 bits per heavy atom. The second-order valence-corrected chi connectivity index (χ2v) is 9.36. The second-order valence-electron chi connectivity index (χ2n) is 9.36. The van der Waals surface area contributed by atoms with Crippen molar-refractivity contribution >= 4 is 18.1 Å². The summed E-state index contributed by atoms with van der Waals surface area (Å²) >= 11 is 0. The van der Waals surface area contributed by atoms with Gasteiger partial charge in [0.2, 0.25) is 0 Å². The standard InChI is InChI=1S/C23H36O9/c1-29-23(28)32-19-12-6-16(7-13-19)22(27)31-18-10-4-15(5-11-18)21(26)30-17-8-2-14(3-9-17)20(24)25/h14-19,21,26H,2-13H2,1H3,(H,24,25). The molecule has 1 atom stereocenters. The maximum Gasteiger partial charge on any atom is 0.508 e. The summed E-state index contributed by atoms with van der Waals surface area (Å²) in [7, 11) is 1.28. The first kappa shape index (κ1) is 24.8. The summed E-state index contributed by atoms with van der Waals surface area (Å²) in [5.74, 6) is -1.39. The molecule has 1 unspecified atom stereocenters.